The molecule has 20 heavy (non-hydrogen) atoms. The molecule has 5 nitrogen and oxygen atoms in total. The van der Waals surface area contributed by atoms with Crippen molar-refractivity contribution in [1.82, 2.24) is 0 Å². The van der Waals surface area contributed by atoms with Crippen molar-refractivity contribution in [3.63, 3.8) is 0 Å². The van der Waals surface area contributed by atoms with Crippen LogP contribution in [0.25, 0.3) is 0 Å². The van der Waals surface area contributed by atoms with E-state index in [4.69, 9.17) is 15.7 Å². The van der Waals surface area contributed by atoms with Gasteiger partial charge < -0.3 is 15.8 Å². The summed E-state index contributed by atoms with van der Waals surface area (Å²) in [5, 5.41) is 11.4. The number of nitrogen functional groups attached to an aromatic ring is 1. The van der Waals surface area contributed by atoms with Gasteiger partial charge in [-0.25, -0.2) is 0 Å². The molecule has 0 saturated heterocycles. The quantitative estimate of drug-likeness (QED) is 0.831. The number of nitrogens with two attached hydrogens (primary N) is 1. The van der Waals surface area contributed by atoms with Crippen LogP contribution in [0.1, 0.15) is 5.56 Å². The predicted molar refractivity (Wildman–Crippen MR) is 76.1 cm³/mol. The third kappa shape index (κ3) is 3.75. The molecule has 5 heteroatoms. The monoisotopic (exact) mass is 267 g/mol. The fraction of sp³-hybridized carbons (Fsp3) is 0.0667. The second kappa shape index (κ2) is 6.25. The maximum absolute atomic E-state index is 11.7. The molecule has 100 valence electrons. The van der Waals surface area contributed by atoms with E-state index in [9.17, 15) is 4.79 Å². The summed E-state index contributed by atoms with van der Waals surface area (Å²) in [6.07, 6.45) is 0. The molecule has 0 aliphatic heterocycles. The second-order valence-electron chi connectivity index (χ2n) is 4.10. The molecular formula is C15H13N3O2. The van der Waals surface area contributed by atoms with Gasteiger partial charge in [-0.15, -0.1) is 0 Å². The highest BCUT2D eigenvalue weighted by atomic mass is 16.5. The van der Waals surface area contributed by atoms with Crippen molar-refractivity contribution in [2.24, 2.45) is 0 Å². The smallest absolute Gasteiger partial charge is 0.262 e. The average molecular weight is 267 g/mol. The van der Waals surface area contributed by atoms with Gasteiger partial charge in [-0.05, 0) is 30.3 Å². The minimum absolute atomic E-state index is 0.125. The lowest BCUT2D eigenvalue weighted by Gasteiger charge is -2.08. The van der Waals surface area contributed by atoms with Gasteiger partial charge in [0.1, 0.15) is 5.75 Å². The lowest BCUT2D eigenvalue weighted by atomic mass is 10.2. The largest absolute Gasteiger partial charge is 0.484 e. The number of nitriles is 1. The van der Waals surface area contributed by atoms with Gasteiger partial charge in [0.15, 0.2) is 6.61 Å². The van der Waals surface area contributed by atoms with E-state index >= 15 is 0 Å². The molecule has 0 bridgehead atoms. The van der Waals surface area contributed by atoms with Gasteiger partial charge in [0.2, 0.25) is 0 Å². The first-order valence-corrected chi connectivity index (χ1v) is 5.96. The van der Waals surface area contributed by atoms with E-state index in [-0.39, 0.29) is 12.5 Å². The average Bonchev–Trinajstić information content (AvgIpc) is 2.45. The van der Waals surface area contributed by atoms with Gasteiger partial charge in [0.25, 0.3) is 5.91 Å². The molecular weight excluding hydrogens is 254 g/mol. The maximum atomic E-state index is 11.7. The first-order valence-electron chi connectivity index (χ1n) is 5.96. The molecule has 0 radical (unpaired) electrons. The van der Waals surface area contributed by atoms with Crippen LogP contribution in [0.5, 0.6) is 5.75 Å². The molecule has 0 aliphatic carbocycles. The molecule has 0 atom stereocenters. The summed E-state index contributed by atoms with van der Waals surface area (Å²) in [6.45, 7) is -0.125. The number of anilines is 2. The lowest BCUT2D eigenvalue weighted by molar-refractivity contribution is -0.118. The molecule has 3 N–H and O–H groups in total. The fourth-order valence-electron chi connectivity index (χ4n) is 1.62. The van der Waals surface area contributed by atoms with Gasteiger partial charge in [0.05, 0.1) is 11.6 Å². The predicted octanol–water partition coefficient (Wildman–Crippen LogP) is 2.16. The fourth-order valence-corrected chi connectivity index (χ4v) is 1.62. The number of rotatable bonds is 4. The van der Waals surface area contributed by atoms with Gasteiger partial charge in [0, 0.05) is 17.4 Å². The normalized spacial score (nSPS) is 9.55. The minimum Gasteiger partial charge on any atom is -0.484 e. The molecule has 0 aliphatic rings. The first kappa shape index (κ1) is 13.4. The summed E-state index contributed by atoms with van der Waals surface area (Å²) >= 11 is 0. The van der Waals surface area contributed by atoms with Gasteiger partial charge in [-0.1, -0.05) is 12.1 Å². The molecule has 2 aromatic carbocycles. The van der Waals surface area contributed by atoms with Crippen molar-refractivity contribution in [2.45, 2.75) is 0 Å². The summed E-state index contributed by atoms with van der Waals surface area (Å²) in [5.74, 6) is 0.230. The highest BCUT2D eigenvalue weighted by molar-refractivity contribution is 5.92. The molecule has 0 unspecified atom stereocenters. The Bertz CT molecular complexity index is 662. The summed E-state index contributed by atoms with van der Waals surface area (Å²) in [4.78, 5) is 11.7. The Morgan fingerprint density at radius 2 is 2.05 bits per heavy atom. The number of hydrogen-bond acceptors (Lipinski definition) is 4. The Kier molecular flexibility index (Phi) is 4.20. The van der Waals surface area contributed by atoms with Crippen LogP contribution < -0.4 is 15.8 Å². The van der Waals surface area contributed by atoms with Crippen LogP contribution in [0.15, 0.2) is 48.5 Å². The summed E-state index contributed by atoms with van der Waals surface area (Å²) in [6, 6.07) is 15.5. The standard InChI is InChI=1S/C15H13N3O2/c16-9-11-3-1-5-13(7-11)18-15(19)10-20-14-6-2-4-12(17)8-14/h1-8H,10,17H2,(H,18,19). The topological polar surface area (TPSA) is 88.1 Å². The van der Waals surface area contributed by atoms with Crippen LogP contribution >= 0.6 is 0 Å². The van der Waals surface area contributed by atoms with Crippen LogP contribution in [-0.4, -0.2) is 12.5 Å². The van der Waals surface area contributed by atoms with Crippen LogP contribution in [0, 0.1) is 11.3 Å². The highest BCUT2D eigenvalue weighted by Gasteiger charge is 2.04. The van der Waals surface area contributed by atoms with Crippen LogP contribution in [-0.2, 0) is 4.79 Å². The number of nitrogens with one attached hydrogen (secondary N) is 1. The van der Waals surface area contributed by atoms with E-state index in [2.05, 4.69) is 5.32 Å². The minimum atomic E-state index is -0.303. The zero-order chi connectivity index (χ0) is 14.4. The number of hydrogen-bond donors (Lipinski definition) is 2. The van der Waals surface area contributed by atoms with E-state index < -0.39 is 0 Å². The number of benzene rings is 2. The summed E-state index contributed by atoms with van der Waals surface area (Å²) in [5.41, 5.74) is 7.23. The third-order valence-electron chi connectivity index (χ3n) is 2.50. The molecule has 2 aromatic rings. The van der Waals surface area contributed by atoms with Crippen LogP contribution in [0.2, 0.25) is 0 Å². The second-order valence-corrected chi connectivity index (χ2v) is 4.10. The van der Waals surface area contributed by atoms with E-state index in [1.807, 2.05) is 6.07 Å². The third-order valence-corrected chi connectivity index (χ3v) is 2.50. The molecule has 1 amide bonds. The number of carbonyl (C=O) groups is 1. The van der Waals surface area contributed by atoms with Gasteiger partial charge in [-0.3, -0.25) is 4.79 Å². The molecule has 0 saturated carbocycles. The first-order chi connectivity index (χ1) is 9.67. The molecule has 0 spiro atoms. The van der Waals surface area contributed by atoms with E-state index in [0.717, 1.165) is 0 Å². The SMILES string of the molecule is N#Cc1cccc(NC(=O)COc2cccc(N)c2)c1. The molecule has 0 aromatic heterocycles. The lowest BCUT2D eigenvalue weighted by Crippen LogP contribution is -2.20. The van der Waals surface area contributed by atoms with Crippen LogP contribution in [0.3, 0.4) is 0 Å². The number of carbonyl (C=O) groups excluding carboxylic acids is 1. The molecule has 2 rings (SSSR count). The zero-order valence-corrected chi connectivity index (χ0v) is 10.7. The van der Waals surface area contributed by atoms with E-state index in [0.29, 0.717) is 22.7 Å². The van der Waals surface area contributed by atoms with Gasteiger partial charge >= 0.3 is 0 Å². The van der Waals surface area contributed by atoms with E-state index in [1.54, 1.807) is 48.5 Å². The Morgan fingerprint density at radius 3 is 2.80 bits per heavy atom. The van der Waals surface area contributed by atoms with E-state index in [1.165, 1.54) is 0 Å². The zero-order valence-electron chi connectivity index (χ0n) is 10.7. The van der Waals surface area contributed by atoms with Gasteiger partial charge in [-0.2, -0.15) is 5.26 Å². The molecule has 0 heterocycles. The number of amides is 1. The van der Waals surface area contributed by atoms with Crippen molar-refractivity contribution in [3.8, 4) is 11.8 Å². The highest BCUT2D eigenvalue weighted by Crippen LogP contribution is 2.14. The Hall–Kier alpha value is -3.00. The van der Waals surface area contributed by atoms with Crippen molar-refractivity contribution >= 4 is 17.3 Å². The Morgan fingerprint density at radius 1 is 1.25 bits per heavy atom. The summed E-state index contributed by atoms with van der Waals surface area (Å²) in [7, 11) is 0. The van der Waals surface area contributed by atoms with Crippen LogP contribution in [0.4, 0.5) is 11.4 Å². The van der Waals surface area contributed by atoms with Crippen molar-refractivity contribution in [2.75, 3.05) is 17.7 Å². The number of nitrogens with zero attached hydrogens (tertiary/aromatic N) is 1. The Balaban J connectivity index is 1.91. The van der Waals surface area contributed by atoms with Crippen molar-refractivity contribution in [3.05, 3.63) is 54.1 Å². The maximum Gasteiger partial charge on any atom is 0.262 e. The number of ether oxygens (including phenoxy) is 1. The summed E-state index contributed by atoms with van der Waals surface area (Å²) < 4.78 is 5.32. The molecule has 0 fully saturated rings. The van der Waals surface area contributed by atoms with Crippen molar-refractivity contribution < 1.29 is 9.53 Å². The van der Waals surface area contributed by atoms with Crippen molar-refractivity contribution in [1.29, 1.82) is 5.26 Å². The Labute approximate surface area is 116 Å².